The van der Waals surface area contributed by atoms with Crippen molar-refractivity contribution in [2.45, 2.75) is 30.7 Å². The molecule has 1 unspecified atom stereocenters. The van der Waals surface area contributed by atoms with Gasteiger partial charge < -0.3 is 0 Å². The second kappa shape index (κ2) is 8.02. The van der Waals surface area contributed by atoms with Crippen molar-refractivity contribution in [1.29, 1.82) is 0 Å². The van der Waals surface area contributed by atoms with Gasteiger partial charge in [-0.3, -0.25) is 10.1 Å². The molecule has 150 valence electrons. The number of amides is 1. The molecule has 2 aromatic carbocycles. The minimum absolute atomic E-state index is 0.199. The molecule has 0 radical (unpaired) electrons. The van der Waals surface area contributed by atoms with E-state index in [1.54, 1.807) is 24.3 Å². The summed E-state index contributed by atoms with van der Waals surface area (Å²) in [5, 5.41) is 11.9. The van der Waals surface area contributed by atoms with Gasteiger partial charge in [-0.2, -0.15) is 4.31 Å². The van der Waals surface area contributed by atoms with Crippen LogP contribution < -0.4 is 5.32 Å². The monoisotopic (exact) mass is 428 g/mol. The molecule has 9 heteroatoms. The number of hydrogen-bond acceptors (Lipinski definition) is 6. The Hall–Kier alpha value is -2.62. The summed E-state index contributed by atoms with van der Waals surface area (Å²) in [5.41, 5.74) is 1.89. The minimum Gasteiger partial charge on any atom is -0.299 e. The highest BCUT2D eigenvalue weighted by Gasteiger charge is 2.39. The van der Waals surface area contributed by atoms with Crippen LogP contribution >= 0.6 is 11.3 Å². The first kappa shape index (κ1) is 19.7. The Morgan fingerprint density at radius 1 is 1.10 bits per heavy atom. The van der Waals surface area contributed by atoms with Gasteiger partial charge in [-0.25, -0.2) is 8.42 Å². The number of sulfonamides is 1. The SMILES string of the molecule is Cc1ccc(S(=O)(=O)N2CCCC2C(=O)Nc2nnc(-c3ccccc3)s2)cc1. The van der Waals surface area contributed by atoms with Crippen molar-refractivity contribution in [3.63, 3.8) is 0 Å². The first-order valence-corrected chi connectivity index (χ1v) is 11.5. The Morgan fingerprint density at radius 3 is 2.55 bits per heavy atom. The van der Waals surface area contributed by atoms with Crippen molar-refractivity contribution in [2.75, 3.05) is 11.9 Å². The molecule has 1 amide bonds. The summed E-state index contributed by atoms with van der Waals surface area (Å²) >= 11 is 1.26. The maximum Gasteiger partial charge on any atom is 0.244 e. The Bertz CT molecular complexity index is 1110. The Balaban J connectivity index is 1.51. The van der Waals surface area contributed by atoms with Crippen LogP contribution in [0.25, 0.3) is 10.6 Å². The third-order valence-corrected chi connectivity index (χ3v) is 7.62. The molecule has 0 saturated carbocycles. The highest BCUT2D eigenvalue weighted by molar-refractivity contribution is 7.89. The molecular weight excluding hydrogens is 408 g/mol. The van der Waals surface area contributed by atoms with Gasteiger partial charge in [0, 0.05) is 12.1 Å². The molecule has 1 aliphatic rings. The van der Waals surface area contributed by atoms with Crippen molar-refractivity contribution < 1.29 is 13.2 Å². The van der Waals surface area contributed by atoms with Crippen LogP contribution in [0.1, 0.15) is 18.4 Å². The van der Waals surface area contributed by atoms with Crippen LogP contribution in [-0.4, -0.2) is 41.4 Å². The molecule has 1 N–H and O–H groups in total. The molecule has 1 fully saturated rings. The topological polar surface area (TPSA) is 92.3 Å². The molecule has 0 aliphatic carbocycles. The zero-order valence-electron chi connectivity index (χ0n) is 15.8. The van der Waals surface area contributed by atoms with E-state index in [9.17, 15) is 13.2 Å². The fraction of sp³-hybridized carbons (Fsp3) is 0.250. The highest BCUT2D eigenvalue weighted by atomic mass is 32.2. The van der Waals surface area contributed by atoms with Crippen LogP contribution in [0.2, 0.25) is 0 Å². The quantitative estimate of drug-likeness (QED) is 0.673. The number of rotatable bonds is 5. The third-order valence-electron chi connectivity index (χ3n) is 4.81. The number of hydrogen-bond donors (Lipinski definition) is 1. The second-order valence-electron chi connectivity index (χ2n) is 6.85. The Morgan fingerprint density at radius 2 is 1.83 bits per heavy atom. The fourth-order valence-electron chi connectivity index (χ4n) is 3.30. The lowest BCUT2D eigenvalue weighted by Crippen LogP contribution is -2.43. The molecule has 2 heterocycles. The largest absolute Gasteiger partial charge is 0.299 e. The molecule has 1 aromatic heterocycles. The molecular formula is C20H20N4O3S2. The zero-order valence-corrected chi connectivity index (χ0v) is 17.4. The van der Waals surface area contributed by atoms with E-state index >= 15 is 0 Å². The summed E-state index contributed by atoms with van der Waals surface area (Å²) in [6, 6.07) is 15.5. The normalized spacial score (nSPS) is 17.3. The van der Waals surface area contributed by atoms with Gasteiger partial charge in [0.25, 0.3) is 0 Å². The Kier molecular flexibility index (Phi) is 5.44. The molecule has 1 aliphatic heterocycles. The lowest BCUT2D eigenvalue weighted by Gasteiger charge is -2.23. The van der Waals surface area contributed by atoms with E-state index in [1.807, 2.05) is 37.3 Å². The number of aryl methyl sites for hydroxylation is 1. The molecule has 29 heavy (non-hydrogen) atoms. The lowest BCUT2D eigenvalue weighted by molar-refractivity contribution is -0.119. The van der Waals surface area contributed by atoms with Gasteiger partial charge in [0.15, 0.2) is 0 Å². The van der Waals surface area contributed by atoms with Crippen molar-refractivity contribution in [3.8, 4) is 10.6 Å². The minimum atomic E-state index is -3.74. The Labute approximate surface area is 173 Å². The first-order valence-electron chi connectivity index (χ1n) is 9.23. The highest BCUT2D eigenvalue weighted by Crippen LogP contribution is 2.29. The number of anilines is 1. The van der Waals surface area contributed by atoms with Crippen LogP contribution in [-0.2, 0) is 14.8 Å². The number of carbonyl (C=O) groups is 1. The van der Waals surface area contributed by atoms with Gasteiger partial charge in [-0.15, -0.1) is 10.2 Å². The van der Waals surface area contributed by atoms with Crippen LogP contribution in [0.4, 0.5) is 5.13 Å². The van der Waals surface area contributed by atoms with Gasteiger partial charge in [-0.1, -0.05) is 59.4 Å². The van der Waals surface area contributed by atoms with E-state index in [0.29, 0.717) is 29.5 Å². The molecule has 0 spiro atoms. The summed E-state index contributed by atoms with van der Waals surface area (Å²) in [6.07, 6.45) is 1.11. The van der Waals surface area contributed by atoms with E-state index < -0.39 is 16.1 Å². The molecule has 0 bridgehead atoms. The van der Waals surface area contributed by atoms with E-state index in [2.05, 4.69) is 15.5 Å². The van der Waals surface area contributed by atoms with Crippen molar-refractivity contribution in [1.82, 2.24) is 14.5 Å². The average Bonchev–Trinajstić information content (AvgIpc) is 3.39. The molecule has 7 nitrogen and oxygen atoms in total. The zero-order chi connectivity index (χ0) is 20.4. The number of carbonyl (C=O) groups excluding carboxylic acids is 1. The van der Waals surface area contributed by atoms with Crippen LogP contribution in [0.5, 0.6) is 0 Å². The van der Waals surface area contributed by atoms with E-state index in [0.717, 1.165) is 11.1 Å². The van der Waals surface area contributed by atoms with E-state index in [4.69, 9.17) is 0 Å². The third kappa shape index (κ3) is 4.07. The van der Waals surface area contributed by atoms with Gasteiger partial charge in [0.1, 0.15) is 11.0 Å². The number of benzene rings is 2. The van der Waals surface area contributed by atoms with Crippen molar-refractivity contribution >= 4 is 32.4 Å². The fourth-order valence-corrected chi connectivity index (χ4v) is 5.70. The van der Waals surface area contributed by atoms with Gasteiger partial charge in [-0.05, 0) is 31.9 Å². The summed E-state index contributed by atoms with van der Waals surface area (Å²) < 4.78 is 27.3. The van der Waals surface area contributed by atoms with Gasteiger partial charge in [0.05, 0.1) is 4.90 Å². The van der Waals surface area contributed by atoms with E-state index in [-0.39, 0.29) is 10.8 Å². The summed E-state index contributed by atoms with van der Waals surface area (Å²) in [4.78, 5) is 13.0. The predicted molar refractivity (Wildman–Crippen MR) is 112 cm³/mol. The summed E-state index contributed by atoms with van der Waals surface area (Å²) in [7, 11) is -3.74. The number of aromatic nitrogens is 2. The smallest absolute Gasteiger partial charge is 0.244 e. The van der Waals surface area contributed by atoms with Crippen LogP contribution in [0, 0.1) is 6.92 Å². The van der Waals surface area contributed by atoms with Crippen molar-refractivity contribution in [2.24, 2.45) is 0 Å². The van der Waals surface area contributed by atoms with Gasteiger partial charge in [0.2, 0.25) is 21.1 Å². The predicted octanol–water partition coefficient (Wildman–Crippen LogP) is 3.31. The number of nitrogens with zero attached hydrogens (tertiary/aromatic N) is 3. The number of nitrogens with one attached hydrogen (secondary N) is 1. The summed E-state index contributed by atoms with van der Waals surface area (Å²) in [5.74, 6) is -0.381. The van der Waals surface area contributed by atoms with Crippen LogP contribution in [0.15, 0.2) is 59.5 Å². The molecule has 1 atom stereocenters. The maximum atomic E-state index is 13.0. The van der Waals surface area contributed by atoms with E-state index in [1.165, 1.54) is 15.6 Å². The van der Waals surface area contributed by atoms with Crippen LogP contribution in [0.3, 0.4) is 0 Å². The lowest BCUT2D eigenvalue weighted by atomic mass is 10.2. The molecule has 4 rings (SSSR count). The maximum absolute atomic E-state index is 13.0. The average molecular weight is 429 g/mol. The van der Waals surface area contributed by atoms with Gasteiger partial charge >= 0.3 is 0 Å². The molecule has 3 aromatic rings. The second-order valence-corrected chi connectivity index (χ2v) is 9.72. The first-order chi connectivity index (χ1) is 13.9. The van der Waals surface area contributed by atoms with Crippen molar-refractivity contribution in [3.05, 3.63) is 60.2 Å². The molecule has 1 saturated heterocycles. The summed E-state index contributed by atoms with van der Waals surface area (Å²) in [6.45, 7) is 2.22. The standard InChI is InChI=1S/C20H20N4O3S2/c1-14-9-11-16(12-10-14)29(26,27)24-13-5-8-17(24)18(25)21-20-23-22-19(28-20)15-6-3-2-4-7-15/h2-4,6-7,9-12,17H,5,8,13H2,1H3,(H,21,23,25).